The van der Waals surface area contributed by atoms with Gasteiger partial charge >= 0.3 is 0 Å². The third-order valence-corrected chi connectivity index (χ3v) is 6.79. The highest BCUT2D eigenvalue weighted by Crippen LogP contribution is 2.35. The maximum absolute atomic E-state index is 13.2. The lowest BCUT2D eigenvalue weighted by Crippen LogP contribution is -2.56. The molecule has 3 aliphatic rings. The summed E-state index contributed by atoms with van der Waals surface area (Å²) in [5, 5.41) is 0. The van der Waals surface area contributed by atoms with Crippen molar-refractivity contribution in [2.75, 3.05) is 51.3 Å². The lowest BCUT2D eigenvalue weighted by molar-refractivity contribution is -0.147. The van der Waals surface area contributed by atoms with Gasteiger partial charge in [-0.15, -0.1) is 0 Å². The number of carbonyl (C=O) groups excluding carboxylic acids is 3. The summed E-state index contributed by atoms with van der Waals surface area (Å²) < 4.78 is 16.9. The normalized spacial score (nSPS) is 21.8. The van der Waals surface area contributed by atoms with E-state index in [0.717, 1.165) is 5.56 Å². The lowest BCUT2D eigenvalue weighted by Gasteiger charge is -2.38. The molecule has 3 heterocycles. The van der Waals surface area contributed by atoms with Crippen molar-refractivity contribution in [3.8, 4) is 17.2 Å². The number of fused-ring (bicyclic) bond motifs is 1. The minimum atomic E-state index is -0.697. The standard InChI is InChI=1S/C26H29N3O6/c1-17-7-8-20(33-2)19(13-17)29-15-18(14-24(29)30)25(31)27-9-11-28(12-10-27)26(32)23-16-34-21-5-3-4-6-22(21)35-23/h3-8,13,18,23H,9-12,14-16H2,1-2H3/t18-,23-/m0/s1. The smallest absolute Gasteiger partial charge is 0.267 e. The molecule has 0 aliphatic carbocycles. The number of para-hydroxylation sites is 2. The number of anilines is 1. The zero-order valence-electron chi connectivity index (χ0n) is 19.9. The molecule has 35 heavy (non-hydrogen) atoms. The molecule has 0 unspecified atom stereocenters. The van der Waals surface area contributed by atoms with Gasteiger partial charge in [-0.25, -0.2) is 0 Å². The number of hydrogen-bond donors (Lipinski definition) is 0. The molecule has 9 nitrogen and oxygen atoms in total. The molecule has 5 rings (SSSR count). The van der Waals surface area contributed by atoms with E-state index >= 15 is 0 Å². The molecule has 0 spiro atoms. The van der Waals surface area contributed by atoms with Crippen LogP contribution in [0.25, 0.3) is 0 Å². The van der Waals surface area contributed by atoms with Gasteiger partial charge < -0.3 is 28.9 Å². The van der Waals surface area contributed by atoms with Gasteiger partial charge in [0.1, 0.15) is 12.4 Å². The van der Waals surface area contributed by atoms with E-state index in [1.807, 2.05) is 43.3 Å². The van der Waals surface area contributed by atoms with Crippen molar-refractivity contribution in [2.45, 2.75) is 19.4 Å². The van der Waals surface area contributed by atoms with Crippen LogP contribution >= 0.6 is 0 Å². The first-order valence-electron chi connectivity index (χ1n) is 11.9. The monoisotopic (exact) mass is 479 g/mol. The van der Waals surface area contributed by atoms with Crippen molar-refractivity contribution in [2.24, 2.45) is 5.92 Å². The van der Waals surface area contributed by atoms with E-state index in [9.17, 15) is 14.4 Å². The van der Waals surface area contributed by atoms with Crippen molar-refractivity contribution >= 4 is 23.4 Å². The zero-order valence-corrected chi connectivity index (χ0v) is 19.9. The second-order valence-electron chi connectivity index (χ2n) is 9.10. The number of amides is 3. The average Bonchev–Trinajstić information content (AvgIpc) is 3.29. The Morgan fingerprint density at radius 3 is 2.37 bits per heavy atom. The third kappa shape index (κ3) is 4.50. The molecule has 0 radical (unpaired) electrons. The molecule has 3 amide bonds. The van der Waals surface area contributed by atoms with Crippen molar-refractivity contribution in [1.82, 2.24) is 9.80 Å². The van der Waals surface area contributed by atoms with Crippen LogP contribution < -0.4 is 19.1 Å². The van der Waals surface area contributed by atoms with E-state index in [1.165, 1.54) is 0 Å². The van der Waals surface area contributed by atoms with Crippen molar-refractivity contribution < 1.29 is 28.6 Å². The zero-order chi connectivity index (χ0) is 24.5. The molecule has 2 saturated heterocycles. The third-order valence-electron chi connectivity index (χ3n) is 6.79. The van der Waals surface area contributed by atoms with Crippen LogP contribution in [0.5, 0.6) is 17.2 Å². The topological polar surface area (TPSA) is 88.6 Å². The maximum atomic E-state index is 13.2. The van der Waals surface area contributed by atoms with Gasteiger partial charge in [0.15, 0.2) is 11.5 Å². The number of aryl methyl sites for hydroxylation is 1. The van der Waals surface area contributed by atoms with E-state index < -0.39 is 12.0 Å². The average molecular weight is 480 g/mol. The summed E-state index contributed by atoms with van der Waals surface area (Å²) in [5.41, 5.74) is 1.71. The fourth-order valence-corrected chi connectivity index (χ4v) is 4.87. The Hall–Kier alpha value is -3.75. The molecule has 2 atom stereocenters. The molecule has 0 aromatic heterocycles. The SMILES string of the molecule is COc1ccc(C)cc1N1C[C@@H](C(=O)N2CCN(C(=O)[C@@H]3COc4ccccc4O3)CC2)CC1=O. The highest BCUT2D eigenvalue weighted by molar-refractivity contribution is 6.01. The molecular formula is C26H29N3O6. The number of nitrogens with zero attached hydrogens (tertiary/aromatic N) is 3. The summed E-state index contributed by atoms with van der Waals surface area (Å²) in [5.74, 6) is 1.12. The molecule has 2 fully saturated rings. The minimum absolute atomic E-state index is 0.0502. The van der Waals surface area contributed by atoms with Gasteiger partial charge in [-0.2, -0.15) is 0 Å². The fourth-order valence-electron chi connectivity index (χ4n) is 4.87. The minimum Gasteiger partial charge on any atom is -0.495 e. The summed E-state index contributed by atoms with van der Waals surface area (Å²) in [4.78, 5) is 44.1. The maximum Gasteiger partial charge on any atom is 0.267 e. The van der Waals surface area contributed by atoms with Crippen LogP contribution in [0.3, 0.4) is 0 Å². The van der Waals surface area contributed by atoms with Crippen molar-refractivity contribution in [1.29, 1.82) is 0 Å². The van der Waals surface area contributed by atoms with E-state index in [-0.39, 0.29) is 30.7 Å². The number of piperazine rings is 1. The number of rotatable bonds is 4. The van der Waals surface area contributed by atoms with Gasteiger partial charge in [0.05, 0.1) is 18.7 Å². The Balaban J connectivity index is 1.17. The van der Waals surface area contributed by atoms with Gasteiger partial charge in [0.2, 0.25) is 17.9 Å². The Labute approximate surface area is 204 Å². The van der Waals surface area contributed by atoms with Gasteiger partial charge in [0.25, 0.3) is 5.91 Å². The first-order valence-corrected chi connectivity index (χ1v) is 11.9. The van der Waals surface area contributed by atoms with Gasteiger partial charge in [-0.3, -0.25) is 14.4 Å². The fraction of sp³-hybridized carbons (Fsp3) is 0.423. The van der Waals surface area contributed by atoms with Crippen molar-refractivity contribution in [3.05, 3.63) is 48.0 Å². The van der Waals surface area contributed by atoms with E-state index in [2.05, 4.69) is 0 Å². The summed E-state index contributed by atoms with van der Waals surface area (Å²) in [6, 6.07) is 13.0. The summed E-state index contributed by atoms with van der Waals surface area (Å²) >= 11 is 0. The predicted octanol–water partition coefficient (Wildman–Crippen LogP) is 1.87. The van der Waals surface area contributed by atoms with Crippen molar-refractivity contribution in [3.63, 3.8) is 0 Å². The lowest BCUT2D eigenvalue weighted by atomic mass is 10.1. The first-order chi connectivity index (χ1) is 16.9. The quantitative estimate of drug-likeness (QED) is 0.665. The van der Waals surface area contributed by atoms with Crippen LogP contribution in [0.15, 0.2) is 42.5 Å². The molecule has 2 aromatic rings. The number of methoxy groups -OCH3 is 1. The Morgan fingerprint density at radius 2 is 1.66 bits per heavy atom. The highest BCUT2D eigenvalue weighted by atomic mass is 16.6. The molecule has 0 N–H and O–H groups in total. The second kappa shape index (κ2) is 9.48. The summed E-state index contributed by atoms with van der Waals surface area (Å²) in [7, 11) is 1.57. The Morgan fingerprint density at radius 1 is 0.971 bits per heavy atom. The molecule has 184 valence electrons. The van der Waals surface area contributed by atoms with Gasteiger partial charge in [0, 0.05) is 39.1 Å². The van der Waals surface area contributed by atoms with Crippen LogP contribution in [-0.4, -0.2) is 80.1 Å². The van der Waals surface area contributed by atoms with Crippen LogP contribution in [0.4, 0.5) is 5.69 Å². The molecule has 0 bridgehead atoms. The number of hydrogen-bond acceptors (Lipinski definition) is 6. The van der Waals surface area contributed by atoms with E-state index in [0.29, 0.717) is 55.7 Å². The van der Waals surface area contributed by atoms with Crippen LogP contribution in [0, 0.1) is 12.8 Å². The predicted molar refractivity (Wildman–Crippen MR) is 128 cm³/mol. The van der Waals surface area contributed by atoms with Crippen LogP contribution in [-0.2, 0) is 14.4 Å². The molecular weight excluding hydrogens is 450 g/mol. The van der Waals surface area contributed by atoms with Crippen LogP contribution in [0.1, 0.15) is 12.0 Å². The van der Waals surface area contributed by atoms with Crippen LogP contribution in [0.2, 0.25) is 0 Å². The highest BCUT2D eigenvalue weighted by Gasteiger charge is 2.40. The molecule has 0 saturated carbocycles. The molecule has 2 aromatic carbocycles. The number of carbonyl (C=O) groups is 3. The second-order valence-corrected chi connectivity index (χ2v) is 9.10. The summed E-state index contributed by atoms with van der Waals surface area (Å²) in [6.45, 7) is 4.13. The van der Waals surface area contributed by atoms with Gasteiger partial charge in [-0.1, -0.05) is 18.2 Å². The Kier molecular flexibility index (Phi) is 6.23. The van der Waals surface area contributed by atoms with Gasteiger partial charge in [-0.05, 0) is 36.8 Å². The van der Waals surface area contributed by atoms with E-state index in [4.69, 9.17) is 14.2 Å². The molecule has 9 heteroatoms. The molecule has 3 aliphatic heterocycles. The van der Waals surface area contributed by atoms with E-state index in [1.54, 1.807) is 27.9 Å². The summed E-state index contributed by atoms with van der Waals surface area (Å²) in [6.07, 6.45) is -0.528. The Bertz CT molecular complexity index is 1140. The number of ether oxygens (including phenoxy) is 3. The first kappa shape index (κ1) is 23.0. The number of benzene rings is 2. The largest absolute Gasteiger partial charge is 0.495 e.